The molecule has 1 nitrogen and oxygen atoms in total. The Morgan fingerprint density at radius 3 is 2.25 bits per heavy atom. The fourth-order valence-electron chi connectivity index (χ4n) is 2.05. The molecule has 2 aromatic rings. The summed E-state index contributed by atoms with van der Waals surface area (Å²) >= 11 is 13.0. The highest BCUT2D eigenvalue weighted by Gasteiger charge is 2.12. The molecule has 2 aromatic carbocycles. The molecule has 0 amide bonds. The van der Waals surface area contributed by atoms with Crippen molar-refractivity contribution in [3.8, 4) is 0 Å². The van der Waals surface area contributed by atoms with Gasteiger partial charge in [-0.15, -0.1) is 0 Å². The van der Waals surface area contributed by atoms with Crippen molar-refractivity contribution in [2.45, 2.75) is 20.3 Å². The molecule has 0 saturated heterocycles. The van der Waals surface area contributed by atoms with Gasteiger partial charge in [-0.25, -0.2) is 0 Å². The van der Waals surface area contributed by atoms with Gasteiger partial charge >= 0.3 is 0 Å². The van der Waals surface area contributed by atoms with E-state index in [1.807, 2.05) is 44.2 Å². The maximum atomic E-state index is 12.4. The normalized spacial score (nSPS) is 10.7. The summed E-state index contributed by atoms with van der Waals surface area (Å²) in [7, 11) is 0. The molecule has 20 heavy (non-hydrogen) atoms. The van der Waals surface area contributed by atoms with Crippen LogP contribution in [-0.2, 0) is 6.42 Å². The lowest BCUT2D eigenvalue weighted by Crippen LogP contribution is -2.05. The van der Waals surface area contributed by atoms with Crippen LogP contribution in [0.25, 0.3) is 0 Å². The van der Waals surface area contributed by atoms with Crippen molar-refractivity contribution < 1.29 is 4.79 Å². The Bertz CT molecular complexity index is 657. The van der Waals surface area contributed by atoms with Crippen LogP contribution in [-0.4, -0.2) is 5.78 Å². The van der Waals surface area contributed by atoms with E-state index in [9.17, 15) is 4.79 Å². The van der Waals surface area contributed by atoms with Crippen LogP contribution in [0.15, 0.2) is 39.3 Å². The van der Waals surface area contributed by atoms with E-state index in [2.05, 4.69) is 31.9 Å². The second kappa shape index (κ2) is 6.42. The largest absolute Gasteiger partial charge is 0.294 e. The van der Waals surface area contributed by atoms with Gasteiger partial charge in [-0.2, -0.15) is 0 Å². The zero-order chi connectivity index (χ0) is 14.9. The number of aryl methyl sites for hydroxylation is 2. The molecule has 0 aliphatic rings. The molecule has 0 atom stereocenters. The van der Waals surface area contributed by atoms with Crippen molar-refractivity contribution in [2.24, 2.45) is 0 Å². The highest BCUT2D eigenvalue weighted by atomic mass is 79.9. The molecular formula is C16H13Br2ClO. The summed E-state index contributed by atoms with van der Waals surface area (Å²) in [5.41, 5.74) is 3.70. The van der Waals surface area contributed by atoms with Gasteiger partial charge in [0.2, 0.25) is 0 Å². The first-order valence-corrected chi connectivity index (χ1v) is 8.08. The Kier molecular flexibility index (Phi) is 5.05. The molecular weight excluding hydrogens is 403 g/mol. The zero-order valence-electron chi connectivity index (χ0n) is 11.1. The standard InChI is InChI=1S/C16H13Br2ClO/c1-9-5-12(6-10(2)16(9)18)15(20)7-11-3-4-13(17)8-14(11)19/h3-6,8H,7H2,1-2H3. The number of rotatable bonds is 3. The van der Waals surface area contributed by atoms with Crippen LogP contribution < -0.4 is 0 Å². The first-order valence-electron chi connectivity index (χ1n) is 6.12. The van der Waals surface area contributed by atoms with E-state index in [4.69, 9.17) is 11.6 Å². The fourth-order valence-corrected chi connectivity index (χ4v) is 3.02. The van der Waals surface area contributed by atoms with Gasteiger partial charge in [-0.3, -0.25) is 4.79 Å². The maximum Gasteiger partial charge on any atom is 0.167 e. The molecule has 0 bridgehead atoms. The molecule has 0 fully saturated rings. The predicted molar refractivity (Wildman–Crippen MR) is 90.8 cm³/mol. The molecule has 0 radical (unpaired) electrons. The van der Waals surface area contributed by atoms with Crippen molar-refractivity contribution in [3.05, 3.63) is 66.6 Å². The Balaban J connectivity index is 2.28. The van der Waals surface area contributed by atoms with E-state index in [1.165, 1.54) is 0 Å². The number of halogens is 3. The van der Waals surface area contributed by atoms with Crippen molar-refractivity contribution in [1.29, 1.82) is 0 Å². The lowest BCUT2D eigenvalue weighted by molar-refractivity contribution is 0.0993. The average molecular weight is 417 g/mol. The summed E-state index contributed by atoms with van der Waals surface area (Å²) < 4.78 is 1.96. The fraction of sp³-hybridized carbons (Fsp3) is 0.188. The van der Waals surface area contributed by atoms with Crippen molar-refractivity contribution in [3.63, 3.8) is 0 Å². The van der Waals surface area contributed by atoms with Crippen molar-refractivity contribution in [1.82, 2.24) is 0 Å². The minimum Gasteiger partial charge on any atom is -0.294 e. The first kappa shape index (κ1) is 15.7. The third-order valence-electron chi connectivity index (χ3n) is 3.12. The highest BCUT2D eigenvalue weighted by Crippen LogP contribution is 2.25. The zero-order valence-corrected chi connectivity index (χ0v) is 15.1. The van der Waals surface area contributed by atoms with E-state index in [0.29, 0.717) is 11.4 Å². The van der Waals surface area contributed by atoms with Crippen molar-refractivity contribution >= 4 is 49.2 Å². The molecule has 104 valence electrons. The van der Waals surface area contributed by atoms with Crippen molar-refractivity contribution in [2.75, 3.05) is 0 Å². The Hall–Kier alpha value is -0.640. The summed E-state index contributed by atoms with van der Waals surface area (Å²) in [6.07, 6.45) is 0.312. The SMILES string of the molecule is Cc1cc(C(=O)Cc2ccc(Br)cc2Cl)cc(C)c1Br. The van der Waals surface area contributed by atoms with Gasteiger partial charge in [0, 0.05) is 26.0 Å². The summed E-state index contributed by atoms with van der Waals surface area (Å²) in [6, 6.07) is 9.40. The number of hydrogen-bond donors (Lipinski definition) is 0. The Morgan fingerprint density at radius 2 is 1.70 bits per heavy atom. The van der Waals surface area contributed by atoms with Gasteiger partial charge in [-0.1, -0.05) is 49.5 Å². The van der Waals surface area contributed by atoms with Crippen LogP contribution in [0.3, 0.4) is 0 Å². The molecule has 0 aliphatic carbocycles. The number of carbonyl (C=O) groups excluding carboxylic acids is 1. The van der Waals surface area contributed by atoms with Gasteiger partial charge in [0.25, 0.3) is 0 Å². The number of ketones is 1. The van der Waals surface area contributed by atoms with Gasteiger partial charge in [-0.05, 0) is 54.8 Å². The second-order valence-corrected chi connectivity index (χ2v) is 6.88. The van der Waals surface area contributed by atoms with E-state index >= 15 is 0 Å². The molecule has 0 N–H and O–H groups in total. The monoisotopic (exact) mass is 414 g/mol. The molecule has 0 heterocycles. The van der Waals surface area contributed by atoms with Crippen LogP contribution in [0.1, 0.15) is 27.0 Å². The lowest BCUT2D eigenvalue weighted by Gasteiger charge is -2.08. The van der Waals surface area contributed by atoms with Gasteiger partial charge < -0.3 is 0 Å². The van der Waals surface area contributed by atoms with E-state index in [-0.39, 0.29) is 5.78 Å². The average Bonchev–Trinajstić information content (AvgIpc) is 2.38. The first-order chi connectivity index (χ1) is 9.38. The van der Waals surface area contributed by atoms with Crippen LogP contribution in [0.2, 0.25) is 5.02 Å². The van der Waals surface area contributed by atoms with Crippen LogP contribution in [0.5, 0.6) is 0 Å². The molecule has 2 rings (SSSR count). The topological polar surface area (TPSA) is 17.1 Å². The second-order valence-electron chi connectivity index (χ2n) is 4.76. The van der Waals surface area contributed by atoms with E-state index < -0.39 is 0 Å². The Morgan fingerprint density at radius 1 is 1.10 bits per heavy atom. The van der Waals surface area contributed by atoms with E-state index in [0.717, 1.165) is 31.2 Å². The van der Waals surface area contributed by atoms with Crippen LogP contribution in [0, 0.1) is 13.8 Å². The number of benzene rings is 2. The quantitative estimate of drug-likeness (QED) is 0.569. The maximum absolute atomic E-state index is 12.4. The summed E-state index contributed by atoms with van der Waals surface area (Å²) in [6.45, 7) is 3.97. The molecule has 0 spiro atoms. The predicted octanol–water partition coefficient (Wildman–Crippen LogP) is 5.91. The third kappa shape index (κ3) is 3.51. The third-order valence-corrected chi connectivity index (χ3v) is 5.22. The molecule has 4 heteroatoms. The highest BCUT2D eigenvalue weighted by molar-refractivity contribution is 9.10. The summed E-state index contributed by atoms with van der Waals surface area (Å²) in [5.74, 6) is 0.0768. The number of Topliss-reactive ketones (excluding diaryl/α,β-unsaturated/α-hetero) is 1. The molecule has 0 unspecified atom stereocenters. The summed E-state index contributed by atoms with van der Waals surface area (Å²) in [5, 5.41) is 0.610. The minimum atomic E-state index is 0.0768. The van der Waals surface area contributed by atoms with Crippen LogP contribution >= 0.6 is 43.5 Å². The number of hydrogen-bond acceptors (Lipinski definition) is 1. The molecule has 0 aromatic heterocycles. The van der Waals surface area contributed by atoms with Gasteiger partial charge in [0.1, 0.15) is 0 Å². The molecule has 0 aliphatic heterocycles. The lowest BCUT2D eigenvalue weighted by atomic mass is 9.99. The van der Waals surface area contributed by atoms with E-state index in [1.54, 1.807) is 0 Å². The van der Waals surface area contributed by atoms with Crippen LogP contribution in [0.4, 0.5) is 0 Å². The Labute approximate surface area is 140 Å². The number of carbonyl (C=O) groups is 1. The minimum absolute atomic E-state index is 0.0768. The molecule has 0 saturated carbocycles. The summed E-state index contributed by atoms with van der Waals surface area (Å²) in [4.78, 5) is 12.4. The smallest absolute Gasteiger partial charge is 0.167 e. The van der Waals surface area contributed by atoms with Gasteiger partial charge in [0.05, 0.1) is 0 Å². The van der Waals surface area contributed by atoms with Gasteiger partial charge in [0.15, 0.2) is 5.78 Å².